The van der Waals surface area contributed by atoms with Crippen molar-refractivity contribution in [1.29, 1.82) is 0 Å². The largest absolute Gasteiger partial charge is 0.444 e. The molecule has 0 radical (unpaired) electrons. The second-order valence-electron chi connectivity index (χ2n) is 3.47. The molecule has 18 heavy (non-hydrogen) atoms. The number of aldehydes is 1. The molecule has 2 aromatic heterocycles. The van der Waals surface area contributed by atoms with Gasteiger partial charge in [0.05, 0.1) is 18.3 Å². The van der Waals surface area contributed by atoms with E-state index in [1.54, 1.807) is 6.20 Å². The van der Waals surface area contributed by atoms with Crippen molar-refractivity contribution in [3.8, 4) is 0 Å². The third-order valence-electron chi connectivity index (χ3n) is 2.31. The van der Waals surface area contributed by atoms with Crippen LogP contribution in [0.4, 0.5) is 5.82 Å². The van der Waals surface area contributed by atoms with Crippen LogP contribution in [-0.2, 0) is 13.0 Å². The number of hydrogen-bond donors (Lipinski definition) is 1. The fourth-order valence-electron chi connectivity index (χ4n) is 1.37. The van der Waals surface area contributed by atoms with Gasteiger partial charge in [0.1, 0.15) is 23.1 Å². The number of halogens is 1. The van der Waals surface area contributed by atoms with Crippen LogP contribution >= 0.6 is 11.6 Å². The SMILES string of the molecule is CCc1cnc(CNc2ncnc(Cl)c2C=O)o1. The Morgan fingerprint density at radius 2 is 2.28 bits per heavy atom. The van der Waals surface area contributed by atoms with Gasteiger partial charge >= 0.3 is 0 Å². The van der Waals surface area contributed by atoms with Gasteiger partial charge in [-0.1, -0.05) is 18.5 Å². The highest BCUT2D eigenvalue weighted by Gasteiger charge is 2.09. The summed E-state index contributed by atoms with van der Waals surface area (Å²) < 4.78 is 5.42. The van der Waals surface area contributed by atoms with Crippen molar-refractivity contribution >= 4 is 23.7 Å². The molecule has 0 aliphatic carbocycles. The van der Waals surface area contributed by atoms with Crippen LogP contribution in [-0.4, -0.2) is 21.2 Å². The smallest absolute Gasteiger partial charge is 0.213 e. The van der Waals surface area contributed by atoms with Crippen molar-refractivity contribution in [3.63, 3.8) is 0 Å². The van der Waals surface area contributed by atoms with E-state index in [0.717, 1.165) is 12.2 Å². The molecule has 0 saturated heterocycles. The molecular weight excluding hydrogens is 256 g/mol. The minimum absolute atomic E-state index is 0.115. The number of carbonyl (C=O) groups excluding carboxylic acids is 1. The topological polar surface area (TPSA) is 80.9 Å². The minimum Gasteiger partial charge on any atom is -0.444 e. The van der Waals surface area contributed by atoms with Crippen LogP contribution in [0.1, 0.15) is 28.9 Å². The van der Waals surface area contributed by atoms with Crippen molar-refractivity contribution < 1.29 is 9.21 Å². The number of nitrogens with one attached hydrogen (secondary N) is 1. The monoisotopic (exact) mass is 266 g/mol. The molecule has 0 aliphatic heterocycles. The first kappa shape index (κ1) is 12.5. The molecule has 0 aliphatic rings. The van der Waals surface area contributed by atoms with Gasteiger partial charge in [0.2, 0.25) is 5.89 Å². The highest BCUT2D eigenvalue weighted by atomic mass is 35.5. The van der Waals surface area contributed by atoms with E-state index in [1.165, 1.54) is 6.33 Å². The van der Waals surface area contributed by atoms with Gasteiger partial charge in [0.15, 0.2) is 6.29 Å². The van der Waals surface area contributed by atoms with E-state index >= 15 is 0 Å². The van der Waals surface area contributed by atoms with Crippen molar-refractivity contribution in [2.24, 2.45) is 0 Å². The van der Waals surface area contributed by atoms with Crippen LogP contribution in [0.5, 0.6) is 0 Å². The first-order valence-electron chi connectivity index (χ1n) is 5.37. The average Bonchev–Trinajstić information content (AvgIpc) is 2.84. The van der Waals surface area contributed by atoms with Gasteiger partial charge in [-0.05, 0) is 0 Å². The van der Waals surface area contributed by atoms with E-state index in [4.69, 9.17) is 16.0 Å². The number of oxazole rings is 1. The lowest BCUT2D eigenvalue weighted by molar-refractivity contribution is 0.112. The maximum Gasteiger partial charge on any atom is 0.213 e. The van der Waals surface area contributed by atoms with Crippen LogP contribution in [0.3, 0.4) is 0 Å². The molecule has 0 fully saturated rings. The molecule has 0 saturated carbocycles. The first-order chi connectivity index (χ1) is 8.74. The highest BCUT2D eigenvalue weighted by molar-refractivity contribution is 6.32. The Hall–Kier alpha value is -1.95. The molecule has 0 atom stereocenters. The molecule has 0 aromatic carbocycles. The predicted molar refractivity (Wildman–Crippen MR) is 65.6 cm³/mol. The van der Waals surface area contributed by atoms with E-state index in [2.05, 4.69) is 20.3 Å². The number of nitrogens with zero attached hydrogens (tertiary/aromatic N) is 3. The molecule has 7 heteroatoms. The summed E-state index contributed by atoms with van der Waals surface area (Å²) in [5, 5.41) is 3.05. The molecule has 1 N–H and O–H groups in total. The number of hydrogen-bond acceptors (Lipinski definition) is 6. The van der Waals surface area contributed by atoms with Crippen LogP contribution in [0.15, 0.2) is 16.9 Å². The lowest BCUT2D eigenvalue weighted by atomic mass is 10.3. The molecule has 0 amide bonds. The second-order valence-corrected chi connectivity index (χ2v) is 3.83. The summed E-state index contributed by atoms with van der Waals surface area (Å²) in [6.07, 6.45) is 4.35. The Morgan fingerprint density at radius 1 is 1.44 bits per heavy atom. The molecule has 6 nitrogen and oxygen atoms in total. The van der Waals surface area contributed by atoms with E-state index < -0.39 is 0 Å². The van der Waals surface area contributed by atoms with Crippen molar-refractivity contribution in [3.05, 3.63) is 34.9 Å². The highest BCUT2D eigenvalue weighted by Crippen LogP contribution is 2.17. The Bertz CT molecular complexity index is 556. The van der Waals surface area contributed by atoms with Crippen LogP contribution < -0.4 is 5.32 Å². The van der Waals surface area contributed by atoms with Crippen molar-refractivity contribution in [2.75, 3.05) is 5.32 Å². The van der Waals surface area contributed by atoms with Crippen LogP contribution in [0.25, 0.3) is 0 Å². The summed E-state index contributed by atoms with van der Waals surface area (Å²) in [4.78, 5) is 22.6. The van der Waals surface area contributed by atoms with Crippen molar-refractivity contribution in [1.82, 2.24) is 15.0 Å². The summed E-state index contributed by atoms with van der Waals surface area (Å²) in [5.74, 6) is 1.70. The molecule has 0 spiro atoms. The zero-order valence-electron chi connectivity index (χ0n) is 9.68. The summed E-state index contributed by atoms with van der Waals surface area (Å²) in [5.41, 5.74) is 0.224. The molecule has 0 unspecified atom stereocenters. The van der Waals surface area contributed by atoms with E-state index in [9.17, 15) is 4.79 Å². The summed E-state index contributed by atoms with van der Waals surface area (Å²) in [6.45, 7) is 2.31. The van der Waals surface area contributed by atoms with Gasteiger partial charge in [-0.25, -0.2) is 15.0 Å². The molecular formula is C11H11ClN4O2. The fraction of sp³-hybridized carbons (Fsp3) is 0.273. The average molecular weight is 267 g/mol. The maximum absolute atomic E-state index is 10.9. The standard InChI is InChI=1S/C11H11ClN4O2/c1-2-7-3-13-9(18-7)4-14-11-8(5-17)10(12)15-6-16-11/h3,5-6H,2,4H2,1H3,(H,14,15,16). The van der Waals surface area contributed by atoms with Gasteiger partial charge in [-0.2, -0.15) is 0 Å². The summed E-state index contributed by atoms with van der Waals surface area (Å²) in [7, 11) is 0. The zero-order valence-corrected chi connectivity index (χ0v) is 10.4. The van der Waals surface area contributed by atoms with Crippen molar-refractivity contribution in [2.45, 2.75) is 19.9 Å². The van der Waals surface area contributed by atoms with Gasteiger partial charge < -0.3 is 9.73 Å². The number of aromatic nitrogens is 3. The summed E-state index contributed by atoms with van der Waals surface area (Å²) in [6, 6.07) is 0. The molecule has 2 rings (SSSR count). The Balaban J connectivity index is 2.10. The predicted octanol–water partition coefficient (Wildman–Crippen LogP) is 2.10. The number of aryl methyl sites for hydroxylation is 1. The lowest BCUT2D eigenvalue weighted by Crippen LogP contribution is -2.05. The number of carbonyl (C=O) groups is 1. The first-order valence-corrected chi connectivity index (χ1v) is 5.75. The molecule has 94 valence electrons. The van der Waals surface area contributed by atoms with Gasteiger partial charge in [-0.3, -0.25) is 4.79 Å². The fourth-order valence-corrected chi connectivity index (χ4v) is 1.55. The Labute approximate surface area is 108 Å². The van der Waals surface area contributed by atoms with E-state index in [0.29, 0.717) is 24.5 Å². The number of rotatable bonds is 5. The van der Waals surface area contributed by atoms with Gasteiger partial charge in [-0.15, -0.1) is 0 Å². The van der Waals surface area contributed by atoms with Gasteiger partial charge in [0.25, 0.3) is 0 Å². The second kappa shape index (κ2) is 5.59. The summed E-state index contributed by atoms with van der Waals surface area (Å²) >= 11 is 5.78. The van der Waals surface area contributed by atoms with Crippen LogP contribution in [0.2, 0.25) is 5.15 Å². The Kier molecular flexibility index (Phi) is 3.88. The Morgan fingerprint density at radius 3 is 2.94 bits per heavy atom. The lowest BCUT2D eigenvalue weighted by Gasteiger charge is -2.05. The normalized spacial score (nSPS) is 10.3. The van der Waals surface area contributed by atoms with Crippen LogP contribution in [0, 0.1) is 0 Å². The number of anilines is 1. The minimum atomic E-state index is 0.115. The quantitative estimate of drug-likeness (QED) is 0.659. The third-order valence-corrected chi connectivity index (χ3v) is 2.61. The molecule has 0 bridgehead atoms. The third kappa shape index (κ3) is 2.65. The van der Waals surface area contributed by atoms with Gasteiger partial charge in [0, 0.05) is 6.42 Å². The zero-order chi connectivity index (χ0) is 13.0. The molecule has 2 heterocycles. The van der Waals surface area contributed by atoms with E-state index in [-0.39, 0.29) is 10.7 Å². The maximum atomic E-state index is 10.9. The van der Waals surface area contributed by atoms with E-state index in [1.807, 2.05) is 6.92 Å². The molecule has 2 aromatic rings.